The van der Waals surface area contributed by atoms with E-state index in [1.54, 1.807) is 0 Å². The predicted octanol–water partition coefficient (Wildman–Crippen LogP) is 2.07. The van der Waals surface area contributed by atoms with Gasteiger partial charge < -0.3 is 15.5 Å². The highest BCUT2D eigenvalue weighted by molar-refractivity contribution is 4.74. The normalized spacial score (nSPS) is 19.4. The van der Waals surface area contributed by atoms with E-state index in [0.29, 0.717) is 6.61 Å². The Labute approximate surface area is 106 Å². The summed E-state index contributed by atoms with van der Waals surface area (Å²) in [5.41, 5.74) is 0. The van der Waals surface area contributed by atoms with Gasteiger partial charge in [0.25, 0.3) is 0 Å². The number of aliphatic hydroxyl groups excluding tert-OH is 2. The number of nitrogens with one attached hydrogen (secondary N) is 1. The molecular formula is C14H29NO2. The van der Waals surface area contributed by atoms with Crippen molar-refractivity contribution in [3.05, 3.63) is 0 Å². The van der Waals surface area contributed by atoms with Gasteiger partial charge in [-0.2, -0.15) is 0 Å². The van der Waals surface area contributed by atoms with Crippen LogP contribution in [0.4, 0.5) is 0 Å². The summed E-state index contributed by atoms with van der Waals surface area (Å²) in [5, 5.41) is 21.5. The Kier molecular flexibility index (Phi) is 8.67. The summed E-state index contributed by atoms with van der Waals surface area (Å²) in [6.45, 7) is 1.53. The third-order valence-electron chi connectivity index (χ3n) is 3.83. The molecule has 0 spiro atoms. The van der Waals surface area contributed by atoms with Gasteiger partial charge in [0.1, 0.15) is 0 Å². The molecule has 0 aromatic rings. The van der Waals surface area contributed by atoms with E-state index in [0.717, 1.165) is 38.1 Å². The van der Waals surface area contributed by atoms with Crippen molar-refractivity contribution in [1.29, 1.82) is 0 Å². The lowest BCUT2D eigenvalue weighted by Crippen LogP contribution is -2.35. The number of unbranched alkanes of at least 4 members (excludes halogenated alkanes) is 2. The van der Waals surface area contributed by atoms with Crippen LogP contribution < -0.4 is 5.32 Å². The molecule has 0 heterocycles. The Balaban J connectivity index is 2.05. The fraction of sp³-hybridized carbons (Fsp3) is 1.00. The third kappa shape index (κ3) is 7.02. The van der Waals surface area contributed by atoms with E-state index < -0.39 is 0 Å². The predicted molar refractivity (Wildman–Crippen MR) is 71.0 cm³/mol. The lowest BCUT2D eigenvalue weighted by Gasteiger charge is -2.26. The summed E-state index contributed by atoms with van der Waals surface area (Å²) in [7, 11) is 0. The summed E-state index contributed by atoms with van der Waals surface area (Å²) in [6.07, 6.45) is 11.1. The van der Waals surface area contributed by atoms with Crippen molar-refractivity contribution < 1.29 is 10.2 Å². The van der Waals surface area contributed by atoms with Crippen LogP contribution in [-0.4, -0.2) is 36.0 Å². The van der Waals surface area contributed by atoms with Crippen molar-refractivity contribution >= 4 is 0 Å². The second kappa shape index (κ2) is 9.86. The Morgan fingerprint density at radius 2 is 1.76 bits per heavy atom. The molecule has 1 fully saturated rings. The fourth-order valence-corrected chi connectivity index (χ4v) is 2.77. The Morgan fingerprint density at radius 1 is 1.00 bits per heavy atom. The van der Waals surface area contributed by atoms with Gasteiger partial charge in [-0.05, 0) is 38.1 Å². The van der Waals surface area contributed by atoms with E-state index in [2.05, 4.69) is 5.32 Å². The highest BCUT2D eigenvalue weighted by Gasteiger charge is 2.17. The first-order chi connectivity index (χ1) is 8.36. The Bertz CT molecular complexity index is 170. The average Bonchev–Trinajstić information content (AvgIpc) is 2.38. The minimum atomic E-state index is 0.260. The third-order valence-corrected chi connectivity index (χ3v) is 3.83. The van der Waals surface area contributed by atoms with Crippen molar-refractivity contribution in [2.45, 2.75) is 63.8 Å². The highest BCUT2D eigenvalue weighted by atomic mass is 16.3. The van der Waals surface area contributed by atoms with E-state index in [1.807, 2.05) is 0 Å². The lowest BCUT2D eigenvalue weighted by molar-refractivity contribution is 0.203. The monoisotopic (exact) mass is 243 g/mol. The average molecular weight is 243 g/mol. The zero-order valence-corrected chi connectivity index (χ0v) is 11.0. The maximum Gasteiger partial charge on any atom is 0.0584 e. The number of hydrogen-bond acceptors (Lipinski definition) is 3. The van der Waals surface area contributed by atoms with Crippen LogP contribution in [0, 0.1) is 5.92 Å². The summed E-state index contributed by atoms with van der Waals surface area (Å²) < 4.78 is 0. The highest BCUT2D eigenvalue weighted by Crippen LogP contribution is 2.27. The van der Waals surface area contributed by atoms with Gasteiger partial charge in [0, 0.05) is 12.6 Å². The standard InChI is InChI=1S/C14H29NO2/c16-10-6-2-5-9-15-14(12-17)11-13-7-3-1-4-8-13/h13-17H,1-12H2. The van der Waals surface area contributed by atoms with Crippen molar-refractivity contribution in [3.63, 3.8) is 0 Å². The quantitative estimate of drug-likeness (QED) is 0.543. The molecule has 1 unspecified atom stereocenters. The molecule has 3 nitrogen and oxygen atoms in total. The van der Waals surface area contributed by atoms with Crippen LogP contribution in [0.3, 0.4) is 0 Å². The smallest absolute Gasteiger partial charge is 0.0584 e. The second-order valence-electron chi connectivity index (χ2n) is 5.36. The first kappa shape index (κ1) is 14.9. The summed E-state index contributed by atoms with van der Waals surface area (Å²) in [4.78, 5) is 0. The van der Waals surface area contributed by atoms with Crippen LogP contribution in [0.25, 0.3) is 0 Å². The lowest BCUT2D eigenvalue weighted by atomic mass is 9.85. The van der Waals surface area contributed by atoms with Crippen LogP contribution in [0.5, 0.6) is 0 Å². The topological polar surface area (TPSA) is 52.5 Å². The summed E-state index contributed by atoms with van der Waals surface area (Å²) >= 11 is 0. The van der Waals surface area contributed by atoms with Crippen molar-refractivity contribution in [2.75, 3.05) is 19.8 Å². The molecule has 0 aromatic heterocycles. The molecule has 0 bridgehead atoms. The van der Waals surface area contributed by atoms with Gasteiger partial charge in [0.2, 0.25) is 0 Å². The number of hydrogen-bond donors (Lipinski definition) is 3. The molecule has 0 aliphatic heterocycles. The maximum atomic E-state index is 9.36. The van der Waals surface area contributed by atoms with Gasteiger partial charge in [0.05, 0.1) is 6.61 Å². The molecule has 17 heavy (non-hydrogen) atoms. The molecular weight excluding hydrogens is 214 g/mol. The molecule has 1 atom stereocenters. The minimum Gasteiger partial charge on any atom is -0.396 e. The Morgan fingerprint density at radius 3 is 2.41 bits per heavy atom. The van der Waals surface area contributed by atoms with Crippen LogP contribution in [0.2, 0.25) is 0 Å². The van der Waals surface area contributed by atoms with Gasteiger partial charge >= 0.3 is 0 Å². The molecule has 3 N–H and O–H groups in total. The molecule has 0 radical (unpaired) electrons. The molecule has 0 aromatic carbocycles. The molecule has 1 saturated carbocycles. The van der Waals surface area contributed by atoms with Crippen LogP contribution in [0.15, 0.2) is 0 Å². The fourth-order valence-electron chi connectivity index (χ4n) is 2.77. The van der Waals surface area contributed by atoms with Gasteiger partial charge in [0.15, 0.2) is 0 Å². The molecule has 1 aliphatic carbocycles. The first-order valence-electron chi connectivity index (χ1n) is 7.32. The molecule has 0 saturated heterocycles. The van der Waals surface area contributed by atoms with Gasteiger partial charge in [-0.15, -0.1) is 0 Å². The van der Waals surface area contributed by atoms with Gasteiger partial charge in [-0.25, -0.2) is 0 Å². The van der Waals surface area contributed by atoms with Crippen molar-refractivity contribution in [3.8, 4) is 0 Å². The van der Waals surface area contributed by atoms with Crippen LogP contribution >= 0.6 is 0 Å². The molecule has 102 valence electrons. The largest absolute Gasteiger partial charge is 0.396 e. The molecule has 1 aliphatic rings. The first-order valence-corrected chi connectivity index (χ1v) is 7.32. The minimum absolute atomic E-state index is 0.260. The van der Waals surface area contributed by atoms with E-state index in [1.165, 1.54) is 32.1 Å². The van der Waals surface area contributed by atoms with Gasteiger partial charge in [-0.3, -0.25) is 0 Å². The molecule has 1 rings (SSSR count). The Hall–Kier alpha value is -0.120. The maximum absolute atomic E-state index is 9.36. The van der Waals surface area contributed by atoms with Crippen molar-refractivity contribution in [1.82, 2.24) is 5.32 Å². The van der Waals surface area contributed by atoms with Gasteiger partial charge in [-0.1, -0.05) is 32.1 Å². The van der Waals surface area contributed by atoms with Crippen LogP contribution in [0.1, 0.15) is 57.8 Å². The SMILES string of the molecule is OCCCCCNC(CO)CC1CCCCC1. The number of aliphatic hydroxyl groups is 2. The zero-order valence-electron chi connectivity index (χ0n) is 11.0. The summed E-state index contributed by atoms with van der Waals surface area (Å²) in [6, 6.07) is 0.284. The van der Waals surface area contributed by atoms with E-state index >= 15 is 0 Å². The van der Waals surface area contributed by atoms with E-state index in [-0.39, 0.29) is 12.6 Å². The van der Waals surface area contributed by atoms with Crippen molar-refractivity contribution in [2.24, 2.45) is 5.92 Å². The molecule has 3 heteroatoms. The number of rotatable bonds is 9. The molecule has 0 amide bonds. The summed E-state index contributed by atoms with van der Waals surface area (Å²) in [5.74, 6) is 0.825. The zero-order chi connectivity index (χ0) is 12.3. The second-order valence-corrected chi connectivity index (χ2v) is 5.36. The van der Waals surface area contributed by atoms with E-state index in [4.69, 9.17) is 5.11 Å². The van der Waals surface area contributed by atoms with E-state index in [9.17, 15) is 5.11 Å². The van der Waals surface area contributed by atoms with Crippen LogP contribution in [-0.2, 0) is 0 Å².